The van der Waals surface area contributed by atoms with Crippen molar-refractivity contribution in [1.82, 2.24) is 14.4 Å². The Balaban J connectivity index is 1.71. The van der Waals surface area contributed by atoms with Gasteiger partial charge in [-0.25, -0.2) is 18.7 Å². The van der Waals surface area contributed by atoms with Crippen LogP contribution in [-0.2, 0) is 24.1 Å². The molecule has 0 aliphatic heterocycles. The number of aryl methyl sites for hydroxylation is 1. The number of hydrogen-bond acceptors (Lipinski definition) is 5. The van der Waals surface area contributed by atoms with Crippen LogP contribution in [0.2, 0.25) is 0 Å². The van der Waals surface area contributed by atoms with E-state index in [0.29, 0.717) is 28.5 Å². The molecule has 0 fully saturated rings. The van der Waals surface area contributed by atoms with Crippen molar-refractivity contribution in [1.29, 1.82) is 0 Å². The van der Waals surface area contributed by atoms with E-state index in [1.165, 1.54) is 6.92 Å². The van der Waals surface area contributed by atoms with Crippen LogP contribution in [0.15, 0.2) is 71.3 Å². The van der Waals surface area contributed by atoms with Gasteiger partial charge in [0.1, 0.15) is 28.8 Å². The van der Waals surface area contributed by atoms with Crippen molar-refractivity contribution in [3.63, 3.8) is 0 Å². The third kappa shape index (κ3) is 4.75. The van der Waals surface area contributed by atoms with E-state index >= 15 is 0 Å². The molecule has 0 aliphatic carbocycles. The van der Waals surface area contributed by atoms with Crippen molar-refractivity contribution in [3.05, 3.63) is 107 Å². The van der Waals surface area contributed by atoms with Gasteiger partial charge in [-0.3, -0.25) is 9.20 Å². The number of esters is 1. The minimum atomic E-state index is -0.546. The standard InChI is InChI=1S/C28H23F2N3O3/c1-3-21-10-11-22(36-21)15-25-28(35-17(2)34)33-16-26(18-7-5-4-6-8-18)31-24(27(33)32-25)14-19-13-20(29)9-12-23(19)30/h4-13,16H,3,14-15H2,1-2H3. The van der Waals surface area contributed by atoms with Crippen LogP contribution in [0.5, 0.6) is 5.88 Å². The van der Waals surface area contributed by atoms with E-state index in [-0.39, 0.29) is 24.3 Å². The van der Waals surface area contributed by atoms with Crippen LogP contribution >= 0.6 is 0 Å². The SMILES string of the molecule is CCc1ccc(Cc2nc3c(Cc4cc(F)ccc4F)nc(-c4ccccc4)cn3c2OC(C)=O)o1. The largest absolute Gasteiger partial charge is 0.466 e. The molecule has 0 bridgehead atoms. The van der Waals surface area contributed by atoms with Crippen LogP contribution < -0.4 is 4.74 Å². The molecule has 0 saturated carbocycles. The maximum atomic E-state index is 14.6. The number of aromatic nitrogens is 3. The van der Waals surface area contributed by atoms with Crippen LogP contribution in [0.4, 0.5) is 8.78 Å². The summed E-state index contributed by atoms with van der Waals surface area (Å²) in [6, 6.07) is 16.5. The van der Waals surface area contributed by atoms with Gasteiger partial charge in [0.25, 0.3) is 0 Å². The molecular weight excluding hydrogens is 464 g/mol. The average Bonchev–Trinajstić information content (AvgIpc) is 3.46. The topological polar surface area (TPSA) is 69.6 Å². The molecule has 8 heteroatoms. The number of rotatable bonds is 7. The van der Waals surface area contributed by atoms with E-state index in [9.17, 15) is 13.6 Å². The Morgan fingerprint density at radius 1 is 0.972 bits per heavy atom. The van der Waals surface area contributed by atoms with Crippen LogP contribution in [0, 0.1) is 11.6 Å². The number of imidazole rings is 1. The van der Waals surface area contributed by atoms with Crippen molar-refractivity contribution in [2.24, 2.45) is 0 Å². The van der Waals surface area contributed by atoms with Gasteiger partial charge < -0.3 is 9.15 Å². The number of fused-ring (bicyclic) bond motifs is 1. The molecule has 3 heterocycles. The molecule has 36 heavy (non-hydrogen) atoms. The van der Waals surface area contributed by atoms with E-state index in [1.54, 1.807) is 10.6 Å². The van der Waals surface area contributed by atoms with Gasteiger partial charge in [0.15, 0.2) is 5.65 Å². The highest BCUT2D eigenvalue weighted by atomic mass is 19.1. The molecule has 3 aromatic heterocycles. The van der Waals surface area contributed by atoms with Gasteiger partial charge in [-0.1, -0.05) is 37.3 Å². The van der Waals surface area contributed by atoms with Gasteiger partial charge in [-0.15, -0.1) is 0 Å². The molecule has 0 N–H and O–H groups in total. The zero-order valence-electron chi connectivity index (χ0n) is 19.8. The van der Waals surface area contributed by atoms with E-state index in [4.69, 9.17) is 19.1 Å². The second-order valence-electron chi connectivity index (χ2n) is 8.40. The lowest BCUT2D eigenvalue weighted by atomic mass is 10.1. The predicted octanol–water partition coefficient (Wildman–Crippen LogP) is 5.94. The first-order valence-electron chi connectivity index (χ1n) is 11.6. The number of carbonyl (C=O) groups excluding carboxylic acids is 1. The smallest absolute Gasteiger partial charge is 0.309 e. The second-order valence-corrected chi connectivity index (χ2v) is 8.40. The van der Waals surface area contributed by atoms with Crippen molar-refractivity contribution in [2.45, 2.75) is 33.1 Å². The fourth-order valence-electron chi connectivity index (χ4n) is 4.09. The van der Waals surface area contributed by atoms with Crippen molar-refractivity contribution < 1.29 is 22.7 Å². The molecule has 0 saturated heterocycles. The molecular formula is C28H23F2N3O3. The molecule has 0 aliphatic rings. The maximum Gasteiger partial charge on any atom is 0.309 e. The average molecular weight is 488 g/mol. The number of halogens is 2. The highest BCUT2D eigenvalue weighted by molar-refractivity contribution is 5.70. The minimum absolute atomic E-state index is 0.00946. The Morgan fingerprint density at radius 2 is 1.75 bits per heavy atom. The third-order valence-electron chi connectivity index (χ3n) is 5.78. The van der Waals surface area contributed by atoms with Crippen molar-refractivity contribution >= 4 is 11.6 Å². The quantitative estimate of drug-likeness (QED) is 0.266. The van der Waals surface area contributed by atoms with Crippen LogP contribution in [0.3, 0.4) is 0 Å². The van der Waals surface area contributed by atoms with Gasteiger partial charge in [-0.05, 0) is 35.9 Å². The molecule has 0 atom stereocenters. The Kier molecular flexibility index (Phi) is 6.33. The molecule has 0 amide bonds. The summed E-state index contributed by atoms with van der Waals surface area (Å²) in [6.07, 6.45) is 2.74. The number of ether oxygens (including phenoxy) is 1. The predicted molar refractivity (Wildman–Crippen MR) is 130 cm³/mol. The first-order chi connectivity index (χ1) is 17.4. The lowest BCUT2D eigenvalue weighted by Gasteiger charge is -2.10. The summed E-state index contributed by atoms with van der Waals surface area (Å²) in [5.41, 5.74) is 2.78. The van der Waals surface area contributed by atoms with Crippen molar-refractivity contribution in [2.75, 3.05) is 0 Å². The normalized spacial score (nSPS) is 11.2. The van der Waals surface area contributed by atoms with Crippen LogP contribution in [-0.4, -0.2) is 20.3 Å². The number of carbonyl (C=O) groups is 1. The number of furan rings is 1. The summed E-state index contributed by atoms with van der Waals surface area (Å²) in [6.45, 7) is 3.31. The first kappa shape index (κ1) is 23.4. The Morgan fingerprint density at radius 3 is 2.47 bits per heavy atom. The summed E-state index contributed by atoms with van der Waals surface area (Å²) >= 11 is 0. The lowest BCUT2D eigenvalue weighted by molar-refractivity contribution is -0.132. The van der Waals surface area contributed by atoms with Gasteiger partial charge in [-0.2, -0.15) is 0 Å². The highest BCUT2D eigenvalue weighted by Gasteiger charge is 2.22. The van der Waals surface area contributed by atoms with E-state index in [0.717, 1.165) is 35.9 Å². The molecule has 0 radical (unpaired) electrons. The molecule has 6 nitrogen and oxygen atoms in total. The van der Waals surface area contributed by atoms with E-state index in [1.807, 2.05) is 49.4 Å². The van der Waals surface area contributed by atoms with Crippen LogP contribution in [0.25, 0.3) is 16.9 Å². The fraction of sp³-hybridized carbons (Fsp3) is 0.179. The fourth-order valence-corrected chi connectivity index (χ4v) is 4.09. The minimum Gasteiger partial charge on any atom is -0.466 e. The van der Waals surface area contributed by atoms with Gasteiger partial charge in [0.05, 0.1) is 17.8 Å². The number of benzene rings is 2. The monoisotopic (exact) mass is 487 g/mol. The molecule has 5 rings (SSSR count). The van der Waals surface area contributed by atoms with Gasteiger partial charge in [0.2, 0.25) is 5.88 Å². The Bertz CT molecular complexity index is 1560. The molecule has 0 unspecified atom stereocenters. The zero-order chi connectivity index (χ0) is 25.2. The van der Waals surface area contributed by atoms with Crippen LogP contribution in [0.1, 0.15) is 42.3 Å². The molecule has 5 aromatic rings. The summed E-state index contributed by atoms with van der Waals surface area (Å²) < 4.78 is 41.6. The molecule has 182 valence electrons. The summed E-state index contributed by atoms with van der Waals surface area (Å²) in [7, 11) is 0. The number of hydrogen-bond donors (Lipinski definition) is 0. The van der Waals surface area contributed by atoms with Gasteiger partial charge >= 0.3 is 5.97 Å². The Hall–Kier alpha value is -4.33. The number of nitrogens with zero attached hydrogens (tertiary/aromatic N) is 3. The summed E-state index contributed by atoms with van der Waals surface area (Å²) in [4.78, 5) is 21.5. The lowest BCUT2D eigenvalue weighted by Crippen LogP contribution is -2.07. The second kappa shape index (κ2) is 9.73. The maximum absolute atomic E-state index is 14.6. The molecule has 2 aromatic carbocycles. The van der Waals surface area contributed by atoms with E-state index < -0.39 is 17.6 Å². The third-order valence-corrected chi connectivity index (χ3v) is 5.78. The Labute approximate surface area is 206 Å². The summed E-state index contributed by atoms with van der Waals surface area (Å²) in [5.74, 6) is 0.123. The zero-order valence-corrected chi connectivity index (χ0v) is 19.8. The highest BCUT2D eigenvalue weighted by Crippen LogP contribution is 2.30. The molecule has 0 spiro atoms. The van der Waals surface area contributed by atoms with Gasteiger partial charge in [0, 0.05) is 31.5 Å². The van der Waals surface area contributed by atoms with Crippen molar-refractivity contribution in [3.8, 4) is 17.1 Å². The summed E-state index contributed by atoms with van der Waals surface area (Å²) in [5, 5.41) is 0. The first-order valence-corrected chi connectivity index (χ1v) is 11.6. The van der Waals surface area contributed by atoms with E-state index in [2.05, 4.69) is 0 Å².